The van der Waals surface area contributed by atoms with Gasteiger partial charge < -0.3 is 15.4 Å². The van der Waals surface area contributed by atoms with Crippen molar-refractivity contribution >= 4 is 29.9 Å². The van der Waals surface area contributed by atoms with E-state index >= 15 is 0 Å². The number of hydrogen-bond donors (Lipinski definition) is 2. The van der Waals surface area contributed by atoms with E-state index in [1.807, 2.05) is 24.0 Å². The lowest BCUT2D eigenvalue weighted by Gasteiger charge is -2.31. The highest BCUT2D eigenvalue weighted by Crippen LogP contribution is 2.12. The fourth-order valence-electron chi connectivity index (χ4n) is 3.38. The van der Waals surface area contributed by atoms with E-state index in [9.17, 15) is 0 Å². The fraction of sp³-hybridized carbons (Fsp3) is 0.524. The zero-order valence-electron chi connectivity index (χ0n) is 17.6. The van der Waals surface area contributed by atoms with Crippen LogP contribution >= 0.6 is 24.0 Å². The Morgan fingerprint density at radius 3 is 2.83 bits per heavy atom. The number of aryl methyl sites for hydroxylation is 1. The quantitative estimate of drug-likeness (QED) is 0.339. The number of morpholine rings is 1. The first-order chi connectivity index (χ1) is 13.6. The molecule has 1 saturated heterocycles. The van der Waals surface area contributed by atoms with Gasteiger partial charge in [0.05, 0.1) is 31.5 Å². The summed E-state index contributed by atoms with van der Waals surface area (Å²) in [6.07, 6.45) is 2.12. The van der Waals surface area contributed by atoms with Crippen molar-refractivity contribution in [1.82, 2.24) is 25.3 Å². The van der Waals surface area contributed by atoms with Crippen LogP contribution in [0.15, 0.2) is 41.5 Å². The summed E-state index contributed by atoms with van der Waals surface area (Å²) in [7, 11) is 1.95. The van der Waals surface area contributed by atoms with E-state index in [-0.39, 0.29) is 24.0 Å². The van der Waals surface area contributed by atoms with Gasteiger partial charge in [-0.05, 0) is 31.0 Å². The second-order valence-corrected chi connectivity index (χ2v) is 7.23. The van der Waals surface area contributed by atoms with Crippen LogP contribution in [0.1, 0.15) is 30.7 Å². The molecule has 2 N–H and O–H groups in total. The van der Waals surface area contributed by atoms with Gasteiger partial charge in [-0.3, -0.25) is 9.58 Å². The van der Waals surface area contributed by atoms with Crippen molar-refractivity contribution in [1.29, 1.82) is 0 Å². The Kier molecular flexibility index (Phi) is 9.89. The second-order valence-electron chi connectivity index (χ2n) is 7.23. The van der Waals surface area contributed by atoms with Crippen molar-refractivity contribution in [2.45, 2.75) is 39.6 Å². The Bertz CT molecular complexity index is 778. The molecule has 1 atom stereocenters. The molecule has 2 heterocycles. The summed E-state index contributed by atoms with van der Waals surface area (Å²) < 4.78 is 7.50. The molecule has 1 unspecified atom stereocenters. The number of hydrogen-bond acceptors (Lipinski definition) is 4. The standard InChI is InChI=1S/C21H32N6O.HI/c1-4-22-21(24-14-20-8-9-25-26(20)3)23-13-18-6-5-7-19(12-18)16-27-10-11-28-17(2)15-27;/h5-9,12,17H,4,10-11,13-16H2,1-3H3,(H2,22,23,24);1H. The number of nitrogens with zero attached hydrogens (tertiary/aromatic N) is 4. The molecule has 1 fully saturated rings. The van der Waals surface area contributed by atoms with Gasteiger partial charge in [0.25, 0.3) is 0 Å². The van der Waals surface area contributed by atoms with Crippen LogP contribution < -0.4 is 10.6 Å². The molecule has 0 saturated carbocycles. The van der Waals surface area contributed by atoms with Gasteiger partial charge in [0.1, 0.15) is 0 Å². The lowest BCUT2D eigenvalue weighted by Crippen LogP contribution is -2.40. The minimum atomic E-state index is 0. The van der Waals surface area contributed by atoms with Crippen LogP contribution in [-0.2, 0) is 31.4 Å². The zero-order chi connectivity index (χ0) is 19.8. The van der Waals surface area contributed by atoms with E-state index in [1.54, 1.807) is 0 Å². The van der Waals surface area contributed by atoms with Crippen molar-refractivity contribution < 1.29 is 4.74 Å². The minimum Gasteiger partial charge on any atom is -0.376 e. The number of aliphatic imine (C=N–C) groups is 1. The van der Waals surface area contributed by atoms with E-state index in [0.29, 0.717) is 19.2 Å². The highest BCUT2D eigenvalue weighted by Gasteiger charge is 2.16. The molecule has 1 aromatic heterocycles. The second kappa shape index (κ2) is 12.1. The number of aromatic nitrogens is 2. The summed E-state index contributed by atoms with van der Waals surface area (Å²) in [5, 5.41) is 10.9. The van der Waals surface area contributed by atoms with Crippen molar-refractivity contribution in [3.63, 3.8) is 0 Å². The first-order valence-electron chi connectivity index (χ1n) is 10.0. The first kappa shape index (κ1) is 23.6. The monoisotopic (exact) mass is 512 g/mol. The molecule has 0 spiro atoms. The van der Waals surface area contributed by atoms with E-state index in [1.165, 1.54) is 11.1 Å². The predicted molar refractivity (Wildman–Crippen MR) is 127 cm³/mol. The third-order valence-corrected chi connectivity index (χ3v) is 4.85. The Morgan fingerprint density at radius 2 is 2.10 bits per heavy atom. The molecule has 160 valence electrons. The Hall–Kier alpha value is -1.65. The Balaban J connectivity index is 0.00000300. The van der Waals surface area contributed by atoms with Gasteiger partial charge in [0.15, 0.2) is 5.96 Å². The third kappa shape index (κ3) is 7.60. The SMILES string of the molecule is CCNC(=NCc1cccc(CN2CCOC(C)C2)c1)NCc1ccnn1C.I. The molecule has 0 bridgehead atoms. The lowest BCUT2D eigenvalue weighted by atomic mass is 10.1. The third-order valence-electron chi connectivity index (χ3n) is 4.85. The fourth-order valence-corrected chi connectivity index (χ4v) is 3.38. The smallest absolute Gasteiger partial charge is 0.191 e. The number of rotatable bonds is 7. The summed E-state index contributed by atoms with van der Waals surface area (Å²) in [5.41, 5.74) is 3.67. The molecule has 2 aromatic rings. The van der Waals surface area contributed by atoms with E-state index in [0.717, 1.165) is 44.4 Å². The summed E-state index contributed by atoms with van der Waals surface area (Å²) >= 11 is 0. The molecular weight excluding hydrogens is 479 g/mol. The molecular formula is C21H33IN6O. The highest BCUT2D eigenvalue weighted by molar-refractivity contribution is 14.0. The number of halogens is 1. The Labute approximate surface area is 190 Å². The molecule has 29 heavy (non-hydrogen) atoms. The summed E-state index contributed by atoms with van der Waals surface area (Å²) in [4.78, 5) is 7.20. The van der Waals surface area contributed by atoms with Gasteiger partial charge in [-0.2, -0.15) is 5.10 Å². The molecule has 1 aliphatic rings. The van der Waals surface area contributed by atoms with Crippen LogP contribution in [0.25, 0.3) is 0 Å². The normalized spacial score (nSPS) is 17.6. The molecule has 0 radical (unpaired) electrons. The maximum atomic E-state index is 5.64. The van der Waals surface area contributed by atoms with Gasteiger partial charge in [0.2, 0.25) is 0 Å². The topological polar surface area (TPSA) is 66.7 Å². The predicted octanol–water partition coefficient (Wildman–Crippen LogP) is 2.51. The molecule has 7 nitrogen and oxygen atoms in total. The molecule has 0 amide bonds. The number of benzene rings is 1. The molecule has 8 heteroatoms. The van der Waals surface area contributed by atoms with Crippen molar-refractivity contribution in [3.05, 3.63) is 53.3 Å². The number of nitrogens with one attached hydrogen (secondary N) is 2. The number of ether oxygens (including phenoxy) is 1. The number of guanidine groups is 1. The van der Waals surface area contributed by atoms with E-state index < -0.39 is 0 Å². The first-order valence-corrected chi connectivity index (χ1v) is 10.0. The van der Waals surface area contributed by atoms with Crippen molar-refractivity contribution in [2.75, 3.05) is 26.2 Å². The minimum absolute atomic E-state index is 0. The van der Waals surface area contributed by atoms with Crippen LogP contribution in [0.5, 0.6) is 0 Å². The summed E-state index contributed by atoms with van der Waals surface area (Å²) in [6.45, 7) is 10.1. The lowest BCUT2D eigenvalue weighted by molar-refractivity contribution is -0.0212. The highest BCUT2D eigenvalue weighted by atomic mass is 127. The van der Waals surface area contributed by atoms with Gasteiger partial charge in [-0.1, -0.05) is 24.3 Å². The summed E-state index contributed by atoms with van der Waals surface area (Å²) in [5.74, 6) is 0.816. The average molecular weight is 512 g/mol. The van der Waals surface area contributed by atoms with Crippen LogP contribution in [-0.4, -0.2) is 53.0 Å². The van der Waals surface area contributed by atoms with Crippen LogP contribution in [0.4, 0.5) is 0 Å². The summed E-state index contributed by atoms with van der Waals surface area (Å²) in [6, 6.07) is 10.7. The zero-order valence-corrected chi connectivity index (χ0v) is 19.9. The van der Waals surface area contributed by atoms with E-state index in [4.69, 9.17) is 9.73 Å². The molecule has 1 aliphatic heterocycles. The molecule has 3 rings (SSSR count). The maximum absolute atomic E-state index is 5.64. The van der Waals surface area contributed by atoms with Gasteiger partial charge in [0, 0.05) is 39.4 Å². The van der Waals surface area contributed by atoms with Gasteiger partial charge in [-0.15, -0.1) is 24.0 Å². The van der Waals surface area contributed by atoms with Gasteiger partial charge in [-0.25, -0.2) is 4.99 Å². The van der Waals surface area contributed by atoms with Crippen LogP contribution in [0.3, 0.4) is 0 Å². The van der Waals surface area contributed by atoms with Gasteiger partial charge >= 0.3 is 0 Å². The molecule has 0 aliphatic carbocycles. The van der Waals surface area contributed by atoms with Crippen molar-refractivity contribution in [2.24, 2.45) is 12.0 Å². The maximum Gasteiger partial charge on any atom is 0.191 e. The van der Waals surface area contributed by atoms with E-state index in [2.05, 4.69) is 58.7 Å². The Morgan fingerprint density at radius 1 is 1.28 bits per heavy atom. The average Bonchev–Trinajstić information content (AvgIpc) is 3.09. The van der Waals surface area contributed by atoms with Crippen LogP contribution in [0, 0.1) is 0 Å². The largest absolute Gasteiger partial charge is 0.376 e. The van der Waals surface area contributed by atoms with Crippen LogP contribution in [0.2, 0.25) is 0 Å². The van der Waals surface area contributed by atoms with Crippen molar-refractivity contribution in [3.8, 4) is 0 Å². The molecule has 1 aromatic carbocycles.